The van der Waals surface area contributed by atoms with E-state index >= 15 is 0 Å². The predicted octanol–water partition coefficient (Wildman–Crippen LogP) is 13.2. The second kappa shape index (κ2) is 14.9. The van der Waals surface area contributed by atoms with E-state index in [1.54, 1.807) is 0 Å². The fraction of sp³-hybridized carbons (Fsp3) is 0.0755. The second-order valence-corrected chi connectivity index (χ2v) is 15.3. The van der Waals surface area contributed by atoms with E-state index < -0.39 is 0 Å². The Labute approximate surface area is 338 Å². The molecule has 0 N–H and O–H groups in total. The van der Waals surface area contributed by atoms with Crippen molar-refractivity contribution in [2.24, 2.45) is 5.92 Å². The van der Waals surface area contributed by atoms with E-state index in [2.05, 4.69) is 193 Å². The lowest BCUT2D eigenvalue weighted by molar-refractivity contribution is 0.647. The van der Waals surface area contributed by atoms with E-state index in [0.717, 1.165) is 90.8 Å². The molecule has 5 aromatic heterocycles. The molecule has 0 unspecified atom stereocenters. The van der Waals surface area contributed by atoms with Gasteiger partial charge >= 0.3 is 0 Å². The van der Waals surface area contributed by atoms with Crippen molar-refractivity contribution in [3.05, 3.63) is 200 Å². The number of aromatic nitrogens is 5. The Morgan fingerprint density at radius 2 is 0.793 bits per heavy atom. The first kappa shape index (κ1) is 35.1. The van der Waals surface area contributed by atoms with E-state index in [0.29, 0.717) is 5.92 Å². The number of hydrogen-bond acceptors (Lipinski definition) is 3. The molecule has 0 aliphatic rings. The summed E-state index contributed by atoms with van der Waals surface area (Å²) in [6.07, 6.45) is 5.23. The third-order valence-corrected chi connectivity index (χ3v) is 10.8. The van der Waals surface area contributed by atoms with Crippen LogP contribution in [-0.4, -0.2) is 23.8 Å². The fourth-order valence-electron chi connectivity index (χ4n) is 8.03. The normalized spacial score (nSPS) is 11.5. The zero-order valence-corrected chi connectivity index (χ0v) is 32.5. The van der Waals surface area contributed by atoms with Crippen LogP contribution < -0.4 is 0 Å². The summed E-state index contributed by atoms with van der Waals surface area (Å²) in [5, 5.41) is 0. The summed E-state index contributed by atoms with van der Waals surface area (Å²) in [5.74, 6) is 0.601. The van der Waals surface area contributed by atoms with Crippen LogP contribution in [0.4, 0.5) is 0 Å². The highest BCUT2D eigenvalue weighted by Gasteiger charge is 2.18. The molecule has 278 valence electrons. The lowest BCUT2D eigenvalue weighted by atomic mass is 9.96. The molecule has 0 radical (unpaired) electrons. The van der Waals surface area contributed by atoms with Gasteiger partial charge < -0.3 is 0 Å². The number of rotatable bonds is 9. The minimum Gasteiger partial charge on any atom is -0.299 e. The summed E-state index contributed by atoms with van der Waals surface area (Å²) in [4.78, 5) is 15.4. The summed E-state index contributed by atoms with van der Waals surface area (Å²) < 4.78 is 4.35. The van der Waals surface area contributed by atoms with Gasteiger partial charge in [-0.25, -0.2) is 15.0 Å². The maximum atomic E-state index is 5.34. The van der Waals surface area contributed by atoms with Gasteiger partial charge in [0, 0.05) is 45.8 Å². The van der Waals surface area contributed by atoms with Crippen LogP contribution in [0.15, 0.2) is 194 Å². The van der Waals surface area contributed by atoms with Crippen LogP contribution in [0, 0.1) is 5.92 Å². The lowest BCUT2D eigenvalue weighted by Gasteiger charge is -2.13. The first-order chi connectivity index (χ1) is 28.6. The highest BCUT2D eigenvalue weighted by molar-refractivity contribution is 5.85. The van der Waals surface area contributed by atoms with Gasteiger partial charge in [0.25, 0.3) is 0 Å². The maximum Gasteiger partial charge on any atom is 0.137 e. The Bertz CT molecular complexity index is 2830. The van der Waals surface area contributed by atoms with Crippen LogP contribution in [0.5, 0.6) is 0 Å². The van der Waals surface area contributed by atoms with Crippen LogP contribution in [0.25, 0.3) is 90.0 Å². The molecule has 0 fully saturated rings. The quantitative estimate of drug-likeness (QED) is 0.148. The van der Waals surface area contributed by atoms with Gasteiger partial charge in [0.05, 0.1) is 34.2 Å². The smallest absolute Gasteiger partial charge is 0.137 e. The monoisotopic (exact) mass is 747 g/mol. The van der Waals surface area contributed by atoms with Gasteiger partial charge in [-0.05, 0) is 65.4 Å². The summed E-state index contributed by atoms with van der Waals surface area (Å²) in [6.45, 7) is 4.53. The Morgan fingerprint density at radius 3 is 1.24 bits per heavy atom. The third kappa shape index (κ3) is 6.67. The molecule has 0 aliphatic heterocycles. The minimum absolute atomic E-state index is 0.601. The van der Waals surface area contributed by atoms with Crippen molar-refractivity contribution in [1.29, 1.82) is 0 Å². The highest BCUT2D eigenvalue weighted by atomic mass is 15.0. The average Bonchev–Trinajstić information content (AvgIpc) is 3.87. The van der Waals surface area contributed by atoms with Crippen molar-refractivity contribution < 1.29 is 0 Å². The molecule has 0 saturated heterocycles. The zero-order chi connectivity index (χ0) is 39.0. The molecular formula is C53H41N5. The van der Waals surface area contributed by atoms with Gasteiger partial charge in [0.1, 0.15) is 11.3 Å². The van der Waals surface area contributed by atoms with Gasteiger partial charge in [-0.1, -0.05) is 159 Å². The molecular weight excluding hydrogens is 707 g/mol. The molecule has 5 heterocycles. The first-order valence-electron chi connectivity index (χ1n) is 19.9. The largest absolute Gasteiger partial charge is 0.299 e. The van der Waals surface area contributed by atoms with Gasteiger partial charge in [-0.15, -0.1) is 0 Å². The van der Waals surface area contributed by atoms with E-state index in [-0.39, 0.29) is 0 Å². The van der Waals surface area contributed by atoms with Crippen molar-refractivity contribution >= 4 is 11.3 Å². The van der Waals surface area contributed by atoms with E-state index in [9.17, 15) is 0 Å². The van der Waals surface area contributed by atoms with Gasteiger partial charge in [-0.3, -0.25) is 8.80 Å². The number of benzene rings is 5. The number of imidazole rings is 2. The minimum atomic E-state index is 0.601. The fourth-order valence-corrected chi connectivity index (χ4v) is 8.03. The lowest BCUT2D eigenvalue weighted by Crippen LogP contribution is -1.95. The number of fused-ring (bicyclic) bond motifs is 2. The molecule has 58 heavy (non-hydrogen) atoms. The summed E-state index contributed by atoms with van der Waals surface area (Å²) >= 11 is 0. The molecule has 0 spiro atoms. The van der Waals surface area contributed by atoms with Crippen LogP contribution in [0.2, 0.25) is 0 Å². The highest BCUT2D eigenvalue weighted by Crippen LogP contribution is 2.37. The molecule has 10 rings (SSSR count). The first-order valence-corrected chi connectivity index (χ1v) is 19.9. The molecule has 5 heteroatoms. The van der Waals surface area contributed by atoms with Crippen molar-refractivity contribution in [3.8, 4) is 78.7 Å². The number of pyridine rings is 3. The average molecular weight is 748 g/mol. The SMILES string of the molecule is CC(C)Cc1ccc(-c2cc(-c3ccc(-c4c(-c5ccccc5)nc5ccccn45)cc3)nc(-c3ccc(-c4c(-c5ccccc5)nc5ccccn45)cc3)c2)cc1. The summed E-state index contributed by atoms with van der Waals surface area (Å²) in [5.41, 5.74) is 17.9. The molecule has 0 atom stereocenters. The van der Waals surface area contributed by atoms with Gasteiger partial charge in [0.15, 0.2) is 0 Å². The van der Waals surface area contributed by atoms with Crippen molar-refractivity contribution in [1.82, 2.24) is 23.8 Å². The molecule has 0 aliphatic carbocycles. The molecule has 5 aromatic carbocycles. The summed E-state index contributed by atoms with van der Waals surface area (Å²) in [6, 6.07) is 64.1. The van der Waals surface area contributed by atoms with Crippen LogP contribution in [0.3, 0.4) is 0 Å². The predicted molar refractivity (Wildman–Crippen MR) is 238 cm³/mol. The third-order valence-electron chi connectivity index (χ3n) is 10.8. The Balaban J connectivity index is 1.06. The molecule has 0 saturated carbocycles. The Kier molecular flexibility index (Phi) is 9.04. The molecule has 0 bridgehead atoms. The zero-order valence-electron chi connectivity index (χ0n) is 32.5. The van der Waals surface area contributed by atoms with Crippen molar-refractivity contribution in [2.75, 3.05) is 0 Å². The van der Waals surface area contributed by atoms with Crippen LogP contribution in [0.1, 0.15) is 19.4 Å². The Hall–Kier alpha value is -7.37. The van der Waals surface area contributed by atoms with E-state index in [1.165, 1.54) is 11.1 Å². The van der Waals surface area contributed by atoms with Crippen molar-refractivity contribution in [3.63, 3.8) is 0 Å². The van der Waals surface area contributed by atoms with Crippen LogP contribution in [-0.2, 0) is 6.42 Å². The molecule has 5 nitrogen and oxygen atoms in total. The summed E-state index contributed by atoms with van der Waals surface area (Å²) in [7, 11) is 0. The standard InChI is InChI=1S/C53H41N5/c1-36(2)33-37-19-21-38(22-20-37)45-34-46(39-23-27-43(28-24-39)52-50(41-13-5-3-6-14-41)55-48-17-9-11-31-57(48)52)54-47(35-45)40-25-29-44(30-26-40)53-51(42-15-7-4-8-16-42)56-49-18-10-12-32-58(49)53/h3-32,34-36H,33H2,1-2H3. The maximum absolute atomic E-state index is 5.34. The number of hydrogen-bond donors (Lipinski definition) is 0. The van der Waals surface area contributed by atoms with Crippen molar-refractivity contribution in [2.45, 2.75) is 20.3 Å². The van der Waals surface area contributed by atoms with Gasteiger partial charge in [-0.2, -0.15) is 0 Å². The topological polar surface area (TPSA) is 47.5 Å². The number of nitrogens with zero attached hydrogens (tertiary/aromatic N) is 5. The molecule has 10 aromatic rings. The van der Waals surface area contributed by atoms with E-state index in [1.807, 2.05) is 24.3 Å². The van der Waals surface area contributed by atoms with Gasteiger partial charge in [0.2, 0.25) is 0 Å². The van der Waals surface area contributed by atoms with E-state index in [4.69, 9.17) is 15.0 Å². The Morgan fingerprint density at radius 1 is 0.379 bits per heavy atom. The molecule has 0 amide bonds. The van der Waals surface area contributed by atoms with Crippen LogP contribution >= 0.6 is 0 Å². The second-order valence-electron chi connectivity index (χ2n) is 15.3.